The van der Waals surface area contributed by atoms with Gasteiger partial charge in [-0.1, -0.05) is 45.1 Å². The third kappa shape index (κ3) is 4.11. The third-order valence-electron chi connectivity index (χ3n) is 9.27. The molecule has 3 amide bonds. The van der Waals surface area contributed by atoms with Crippen molar-refractivity contribution in [2.75, 3.05) is 66.1 Å². The van der Waals surface area contributed by atoms with Crippen LogP contribution in [0.25, 0.3) is 0 Å². The molecule has 0 aromatic carbocycles. The van der Waals surface area contributed by atoms with Crippen molar-refractivity contribution in [2.24, 2.45) is 17.8 Å². The zero-order chi connectivity index (χ0) is 27.2. The Morgan fingerprint density at radius 2 is 1.71 bits per heavy atom. The van der Waals surface area contributed by atoms with Gasteiger partial charge in [0.1, 0.15) is 11.6 Å². The van der Waals surface area contributed by atoms with Gasteiger partial charge in [0.25, 0.3) is 0 Å². The Bertz CT molecular complexity index is 1010. The molecule has 210 valence electrons. The number of ether oxygens (including phenoxy) is 2. The number of likely N-dealkylation sites (tertiary alicyclic amines) is 1. The topological polar surface area (TPSA) is 103 Å². The number of rotatable bonds is 7. The Kier molecular flexibility index (Phi) is 7.45. The maximum absolute atomic E-state index is 14.4. The highest BCUT2D eigenvalue weighted by molar-refractivity contribution is 6.00. The minimum absolute atomic E-state index is 0.0926. The van der Waals surface area contributed by atoms with E-state index in [9.17, 15) is 19.5 Å². The molecule has 1 N–H and O–H groups in total. The van der Waals surface area contributed by atoms with Gasteiger partial charge >= 0.3 is 0 Å². The monoisotopic (exact) mass is 530 g/mol. The van der Waals surface area contributed by atoms with Gasteiger partial charge in [0.2, 0.25) is 17.7 Å². The van der Waals surface area contributed by atoms with E-state index in [1.54, 1.807) is 21.7 Å². The summed E-state index contributed by atoms with van der Waals surface area (Å²) in [7, 11) is 1.74. The van der Waals surface area contributed by atoms with Gasteiger partial charge in [-0.2, -0.15) is 0 Å². The molecule has 38 heavy (non-hydrogen) atoms. The smallest absolute Gasteiger partial charge is 0.249 e. The molecule has 0 aliphatic carbocycles. The Labute approximate surface area is 225 Å². The van der Waals surface area contributed by atoms with Crippen LogP contribution in [0.5, 0.6) is 0 Å². The van der Waals surface area contributed by atoms with Crippen LogP contribution in [0.4, 0.5) is 0 Å². The van der Waals surface area contributed by atoms with E-state index in [4.69, 9.17) is 9.47 Å². The number of likely N-dealkylation sites (N-methyl/N-ethyl adjacent to an activating group) is 1. The molecule has 6 atom stereocenters. The summed E-state index contributed by atoms with van der Waals surface area (Å²) >= 11 is 0. The fraction of sp³-hybridized carbons (Fsp3) is 0.750. The summed E-state index contributed by atoms with van der Waals surface area (Å²) in [4.78, 5) is 49.9. The number of aliphatic hydroxyl groups is 1. The lowest BCUT2D eigenvalue weighted by atomic mass is 9.73. The Morgan fingerprint density at radius 3 is 2.37 bits per heavy atom. The minimum Gasteiger partial charge on any atom is -0.394 e. The van der Waals surface area contributed by atoms with Gasteiger partial charge in [-0.25, -0.2) is 0 Å². The number of amides is 3. The van der Waals surface area contributed by atoms with Crippen molar-refractivity contribution in [3.63, 3.8) is 0 Å². The molecule has 10 heteroatoms. The molecule has 0 saturated carbocycles. The standard InChI is InChI=1S/C28H42N4O6/c1-5-27-8-6-10-29(4)24(34)21(27)22-25(35)32(20(18-33)19(2)3)23-26(36)31(11-7-9-28(22,23)38-27)13-12-30-14-16-37-17-15-30/h6-9,19-23,33H,5,10-18H2,1-4H3/t20-,21-,22-,23?,27+,28-/m0/s1. The largest absolute Gasteiger partial charge is 0.394 e. The number of aliphatic hydroxyl groups excluding tert-OH is 1. The fourth-order valence-corrected chi connectivity index (χ4v) is 7.13. The molecule has 10 nitrogen and oxygen atoms in total. The third-order valence-corrected chi connectivity index (χ3v) is 9.27. The fourth-order valence-electron chi connectivity index (χ4n) is 7.13. The van der Waals surface area contributed by atoms with Crippen LogP contribution in [0.1, 0.15) is 27.2 Å². The van der Waals surface area contributed by atoms with Crippen LogP contribution in [0.2, 0.25) is 0 Å². The van der Waals surface area contributed by atoms with E-state index in [0.717, 1.165) is 13.1 Å². The zero-order valence-electron chi connectivity index (χ0n) is 23.0. The van der Waals surface area contributed by atoms with Crippen LogP contribution < -0.4 is 0 Å². The Balaban J connectivity index is 1.57. The van der Waals surface area contributed by atoms with E-state index in [-0.39, 0.29) is 30.2 Å². The Hall–Kier alpha value is -2.27. The molecule has 0 aromatic rings. The predicted molar refractivity (Wildman–Crippen MR) is 140 cm³/mol. The molecule has 3 fully saturated rings. The first-order valence-corrected chi connectivity index (χ1v) is 14.0. The second kappa shape index (κ2) is 10.4. The van der Waals surface area contributed by atoms with E-state index >= 15 is 0 Å². The van der Waals surface area contributed by atoms with Gasteiger partial charge in [0.15, 0.2) is 0 Å². The van der Waals surface area contributed by atoms with Crippen LogP contribution in [-0.4, -0.2) is 132 Å². The highest BCUT2D eigenvalue weighted by atomic mass is 16.5. The van der Waals surface area contributed by atoms with Crippen molar-refractivity contribution in [2.45, 2.75) is 50.5 Å². The van der Waals surface area contributed by atoms with Crippen molar-refractivity contribution in [3.8, 4) is 0 Å². The summed E-state index contributed by atoms with van der Waals surface area (Å²) in [5.74, 6) is -2.31. The molecule has 5 rings (SSSR count). The van der Waals surface area contributed by atoms with Crippen LogP contribution >= 0.6 is 0 Å². The molecule has 1 unspecified atom stereocenters. The molecule has 0 bridgehead atoms. The van der Waals surface area contributed by atoms with E-state index in [1.165, 1.54) is 0 Å². The van der Waals surface area contributed by atoms with Gasteiger partial charge < -0.3 is 29.3 Å². The van der Waals surface area contributed by atoms with E-state index in [1.807, 2.05) is 45.1 Å². The first kappa shape index (κ1) is 27.3. The molecular formula is C28H42N4O6. The first-order valence-electron chi connectivity index (χ1n) is 14.0. The molecule has 5 heterocycles. The SMILES string of the molecule is CC[C@@]12C=CCN(C)C(=O)[C@@H]1[C@H]1C(=O)N([C@@H](CO)C(C)C)C3C(=O)N(CCN4CCOCC4)CC=C[C@@]31O2. The lowest BCUT2D eigenvalue weighted by Gasteiger charge is -2.42. The second-order valence-corrected chi connectivity index (χ2v) is 11.6. The normalized spacial score (nSPS) is 36.4. The van der Waals surface area contributed by atoms with Gasteiger partial charge in [0, 0.05) is 46.3 Å². The molecule has 5 aliphatic heterocycles. The average Bonchev–Trinajstić information content (AvgIpc) is 3.21. The van der Waals surface area contributed by atoms with Gasteiger partial charge in [0.05, 0.1) is 43.3 Å². The van der Waals surface area contributed by atoms with Crippen molar-refractivity contribution in [3.05, 3.63) is 24.3 Å². The van der Waals surface area contributed by atoms with Crippen molar-refractivity contribution in [1.82, 2.24) is 19.6 Å². The summed E-state index contributed by atoms with van der Waals surface area (Å²) < 4.78 is 12.4. The van der Waals surface area contributed by atoms with Crippen LogP contribution in [0.3, 0.4) is 0 Å². The summed E-state index contributed by atoms with van der Waals surface area (Å²) in [6.07, 6.45) is 8.18. The Morgan fingerprint density at radius 1 is 1.00 bits per heavy atom. The highest BCUT2D eigenvalue weighted by Gasteiger charge is 2.75. The lowest BCUT2D eigenvalue weighted by Crippen LogP contribution is -2.60. The van der Waals surface area contributed by atoms with Gasteiger partial charge in [-0.15, -0.1) is 0 Å². The number of morpholine rings is 1. The van der Waals surface area contributed by atoms with Gasteiger partial charge in [-0.3, -0.25) is 19.3 Å². The number of nitrogens with zero attached hydrogens (tertiary/aromatic N) is 4. The second-order valence-electron chi connectivity index (χ2n) is 11.6. The lowest BCUT2D eigenvalue weighted by molar-refractivity contribution is -0.158. The summed E-state index contributed by atoms with van der Waals surface area (Å²) in [6, 6.07) is -1.52. The molecule has 3 saturated heterocycles. The average molecular weight is 531 g/mol. The maximum atomic E-state index is 14.4. The number of fused-ring (bicyclic) bond motifs is 2. The van der Waals surface area contributed by atoms with Gasteiger partial charge in [-0.05, 0) is 12.3 Å². The van der Waals surface area contributed by atoms with Crippen molar-refractivity contribution in [1.29, 1.82) is 0 Å². The van der Waals surface area contributed by atoms with Crippen LogP contribution in [-0.2, 0) is 23.9 Å². The predicted octanol–water partition coefficient (Wildman–Crippen LogP) is 0.123. The van der Waals surface area contributed by atoms with Crippen LogP contribution in [0, 0.1) is 17.8 Å². The minimum atomic E-state index is -1.29. The number of hydrogen-bond acceptors (Lipinski definition) is 7. The quantitative estimate of drug-likeness (QED) is 0.467. The maximum Gasteiger partial charge on any atom is 0.249 e. The summed E-state index contributed by atoms with van der Waals surface area (Å²) in [5, 5.41) is 10.4. The summed E-state index contributed by atoms with van der Waals surface area (Å²) in [6.45, 7) is 10.6. The molecule has 1 spiro atoms. The summed E-state index contributed by atoms with van der Waals surface area (Å²) in [5.41, 5.74) is -2.27. The zero-order valence-corrected chi connectivity index (χ0v) is 23.0. The molecule has 0 radical (unpaired) electrons. The van der Waals surface area contributed by atoms with E-state index in [0.29, 0.717) is 45.8 Å². The molecule has 5 aliphatic rings. The number of carbonyl (C=O) groups is 3. The van der Waals surface area contributed by atoms with Crippen molar-refractivity contribution >= 4 is 17.7 Å². The highest BCUT2D eigenvalue weighted by Crippen LogP contribution is 2.59. The molecule has 0 aromatic heterocycles. The first-order chi connectivity index (χ1) is 18.2. The van der Waals surface area contributed by atoms with Crippen molar-refractivity contribution < 1.29 is 29.0 Å². The molecular weight excluding hydrogens is 488 g/mol. The van der Waals surface area contributed by atoms with E-state index in [2.05, 4.69) is 4.90 Å². The number of carbonyl (C=O) groups excluding carboxylic acids is 3. The number of hydrogen-bond donors (Lipinski definition) is 1. The van der Waals surface area contributed by atoms with Crippen LogP contribution in [0.15, 0.2) is 24.3 Å². The van der Waals surface area contributed by atoms with E-state index < -0.39 is 35.1 Å².